The first kappa shape index (κ1) is 14.1. The Labute approximate surface area is 126 Å². The minimum absolute atomic E-state index is 0.0594. The van der Waals surface area contributed by atoms with E-state index < -0.39 is 11.7 Å². The van der Waals surface area contributed by atoms with Crippen LogP contribution in [0.1, 0.15) is 11.1 Å². The quantitative estimate of drug-likeness (QED) is 0.643. The number of aryl methyl sites for hydroxylation is 1. The number of benzene rings is 1. The number of rotatable bonds is 1. The van der Waals surface area contributed by atoms with Crippen molar-refractivity contribution in [2.75, 3.05) is 0 Å². The van der Waals surface area contributed by atoms with E-state index in [9.17, 15) is 13.2 Å². The Kier molecular flexibility index (Phi) is 3.24. The van der Waals surface area contributed by atoms with Crippen LogP contribution in [0, 0.1) is 6.92 Å². The molecule has 3 nitrogen and oxygen atoms in total. The van der Waals surface area contributed by atoms with Crippen LogP contribution in [-0.4, -0.2) is 14.6 Å². The lowest BCUT2D eigenvalue weighted by Crippen LogP contribution is -2.09. The molecule has 0 atom stereocenters. The van der Waals surface area contributed by atoms with Crippen LogP contribution in [0.25, 0.3) is 16.9 Å². The van der Waals surface area contributed by atoms with Gasteiger partial charge in [0.05, 0.1) is 15.7 Å². The maximum Gasteiger partial charge on any atom is 0.417 e. The Balaban J connectivity index is 2.25. The fraction of sp³-hybridized carbons (Fsp3) is 0.143. The zero-order chi connectivity index (χ0) is 15.2. The van der Waals surface area contributed by atoms with E-state index in [1.54, 1.807) is 18.5 Å². The predicted octanol–water partition coefficient (Wildman–Crippen LogP) is 4.49. The Bertz CT molecular complexity index is 824. The van der Waals surface area contributed by atoms with Crippen LogP contribution >= 0.6 is 15.9 Å². The molecule has 0 aliphatic rings. The lowest BCUT2D eigenvalue weighted by atomic mass is 9.99. The van der Waals surface area contributed by atoms with Gasteiger partial charge in [0.1, 0.15) is 0 Å². The molecule has 1 aromatic carbocycles. The van der Waals surface area contributed by atoms with Crippen LogP contribution in [0.2, 0.25) is 0 Å². The van der Waals surface area contributed by atoms with Crippen molar-refractivity contribution in [2.45, 2.75) is 13.1 Å². The van der Waals surface area contributed by atoms with Gasteiger partial charge in [0.25, 0.3) is 0 Å². The summed E-state index contributed by atoms with van der Waals surface area (Å²) >= 11 is 3.25. The van der Waals surface area contributed by atoms with E-state index >= 15 is 0 Å². The molecule has 0 N–H and O–H groups in total. The Morgan fingerprint density at radius 2 is 2.00 bits per heavy atom. The third-order valence-electron chi connectivity index (χ3n) is 3.11. The van der Waals surface area contributed by atoms with Gasteiger partial charge in [0, 0.05) is 24.0 Å². The average Bonchev–Trinajstić information content (AvgIpc) is 2.79. The molecule has 0 amide bonds. The Morgan fingerprint density at radius 1 is 1.24 bits per heavy atom. The summed E-state index contributed by atoms with van der Waals surface area (Å²) in [6.45, 7) is 1.44. The second kappa shape index (κ2) is 4.84. The number of hydrogen-bond acceptors (Lipinski definition) is 2. The Morgan fingerprint density at radius 3 is 2.71 bits per heavy atom. The third kappa shape index (κ3) is 2.53. The van der Waals surface area contributed by atoms with Crippen LogP contribution in [0.4, 0.5) is 13.2 Å². The molecule has 2 aromatic heterocycles. The fourth-order valence-electron chi connectivity index (χ4n) is 2.24. The monoisotopic (exact) mass is 355 g/mol. The zero-order valence-electron chi connectivity index (χ0n) is 10.8. The molecule has 0 saturated carbocycles. The van der Waals surface area contributed by atoms with Crippen molar-refractivity contribution in [1.29, 1.82) is 0 Å². The van der Waals surface area contributed by atoms with Gasteiger partial charge in [-0.3, -0.25) is 0 Å². The van der Waals surface area contributed by atoms with Gasteiger partial charge in [-0.2, -0.15) is 18.3 Å². The summed E-state index contributed by atoms with van der Waals surface area (Å²) in [6.07, 6.45) is -1.21. The van der Waals surface area contributed by atoms with Crippen molar-refractivity contribution in [3.63, 3.8) is 0 Å². The summed E-state index contributed by atoms with van der Waals surface area (Å²) in [4.78, 5) is 4.11. The van der Waals surface area contributed by atoms with Crippen molar-refractivity contribution in [1.82, 2.24) is 14.6 Å². The molecule has 2 heterocycles. The molecule has 0 saturated heterocycles. The minimum Gasteiger partial charge on any atom is -0.236 e. The molecular weight excluding hydrogens is 347 g/mol. The van der Waals surface area contributed by atoms with Gasteiger partial charge in [-0.25, -0.2) is 9.50 Å². The first-order chi connectivity index (χ1) is 9.86. The van der Waals surface area contributed by atoms with Crippen LogP contribution in [0.15, 0.2) is 41.1 Å². The second-order valence-corrected chi connectivity index (χ2v) is 5.52. The lowest BCUT2D eigenvalue weighted by Gasteiger charge is -2.13. The molecular formula is C14H9BrF3N3. The number of hydrogen-bond donors (Lipinski definition) is 0. The van der Waals surface area contributed by atoms with Crippen molar-refractivity contribution < 1.29 is 13.2 Å². The molecule has 3 rings (SSSR count). The normalized spacial score (nSPS) is 12.0. The zero-order valence-corrected chi connectivity index (χ0v) is 12.4. The highest BCUT2D eigenvalue weighted by molar-refractivity contribution is 9.10. The number of aromatic nitrogens is 3. The van der Waals surface area contributed by atoms with E-state index in [2.05, 4.69) is 26.0 Å². The molecule has 0 bridgehead atoms. The molecule has 108 valence electrons. The molecule has 0 radical (unpaired) electrons. The van der Waals surface area contributed by atoms with Crippen molar-refractivity contribution in [3.05, 3.63) is 52.3 Å². The number of halogens is 4. The highest BCUT2D eigenvalue weighted by Crippen LogP contribution is 2.38. The molecule has 7 heteroatoms. The van der Waals surface area contributed by atoms with Crippen molar-refractivity contribution in [3.8, 4) is 11.3 Å². The van der Waals surface area contributed by atoms with E-state index in [-0.39, 0.29) is 16.8 Å². The average molecular weight is 356 g/mol. The largest absolute Gasteiger partial charge is 0.417 e. The summed E-state index contributed by atoms with van der Waals surface area (Å²) in [5.74, 6) is 0. The smallest absolute Gasteiger partial charge is 0.236 e. The van der Waals surface area contributed by atoms with E-state index in [4.69, 9.17) is 0 Å². The molecule has 0 unspecified atom stereocenters. The molecule has 0 fully saturated rings. The fourth-order valence-corrected chi connectivity index (χ4v) is 2.54. The molecule has 0 spiro atoms. The van der Waals surface area contributed by atoms with Gasteiger partial charge >= 0.3 is 6.18 Å². The first-order valence-corrected chi connectivity index (χ1v) is 6.83. The maximum atomic E-state index is 13.3. The molecule has 0 aliphatic carbocycles. The maximum absolute atomic E-state index is 13.3. The van der Waals surface area contributed by atoms with Crippen molar-refractivity contribution >= 4 is 21.6 Å². The Hall–Kier alpha value is -1.89. The molecule has 21 heavy (non-hydrogen) atoms. The van der Waals surface area contributed by atoms with Gasteiger partial charge in [-0.1, -0.05) is 18.2 Å². The SMILES string of the molecule is Cc1cccc(-c2cc3ncc(Br)cn3n2)c1C(F)(F)F. The van der Waals surface area contributed by atoms with Gasteiger partial charge in [-0.15, -0.1) is 0 Å². The number of fused-ring (bicyclic) bond motifs is 1. The highest BCUT2D eigenvalue weighted by atomic mass is 79.9. The van der Waals surface area contributed by atoms with E-state index in [1.165, 1.54) is 29.6 Å². The van der Waals surface area contributed by atoms with E-state index in [0.717, 1.165) is 0 Å². The molecule has 3 aromatic rings. The number of nitrogens with zero attached hydrogens (tertiary/aromatic N) is 3. The van der Waals surface area contributed by atoms with Gasteiger partial charge in [0.15, 0.2) is 5.65 Å². The third-order valence-corrected chi connectivity index (χ3v) is 3.52. The molecule has 0 aliphatic heterocycles. The predicted molar refractivity (Wildman–Crippen MR) is 75.9 cm³/mol. The van der Waals surface area contributed by atoms with Crippen molar-refractivity contribution in [2.24, 2.45) is 0 Å². The first-order valence-electron chi connectivity index (χ1n) is 6.04. The van der Waals surface area contributed by atoms with E-state index in [0.29, 0.717) is 10.1 Å². The lowest BCUT2D eigenvalue weighted by molar-refractivity contribution is -0.137. The van der Waals surface area contributed by atoms with Gasteiger partial charge < -0.3 is 0 Å². The topological polar surface area (TPSA) is 30.2 Å². The van der Waals surface area contributed by atoms with Crippen LogP contribution < -0.4 is 0 Å². The van der Waals surface area contributed by atoms with Gasteiger partial charge in [-0.05, 0) is 28.4 Å². The van der Waals surface area contributed by atoms with Crippen LogP contribution in [-0.2, 0) is 6.18 Å². The van der Waals surface area contributed by atoms with Gasteiger partial charge in [0.2, 0.25) is 0 Å². The standard InChI is InChI=1S/C14H9BrF3N3/c1-8-3-2-4-10(13(8)14(16,17)18)11-5-12-19-6-9(15)7-21(12)20-11/h2-7H,1H3. The van der Waals surface area contributed by atoms with Crippen LogP contribution in [0.3, 0.4) is 0 Å². The summed E-state index contributed by atoms with van der Waals surface area (Å²) in [7, 11) is 0. The van der Waals surface area contributed by atoms with Crippen LogP contribution in [0.5, 0.6) is 0 Å². The highest BCUT2D eigenvalue weighted by Gasteiger charge is 2.35. The second-order valence-electron chi connectivity index (χ2n) is 4.60. The summed E-state index contributed by atoms with van der Waals surface area (Å²) < 4.78 is 41.9. The van der Waals surface area contributed by atoms with E-state index in [1.807, 2.05) is 0 Å². The summed E-state index contributed by atoms with van der Waals surface area (Å²) in [6, 6.07) is 5.99. The number of alkyl halides is 3. The summed E-state index contributed by atoms with van der Waals surface area (Å²) in [5, 5.41) is 4.18. The minimum atomic E-state index is -4.43. The summed E-state index contributed by atoms with van der Waals surface area (Å²) in [5.41, 5.74) is 0.308.